The van der Waals surface area contributed by atoms with Crippen LogP contribution in [0.3, 0.4) is 0 Å². The molecule has 1 aromatic rings. The summed E-state index contributed by atoms with van der Waals surface area (Å²) in [5.41, 5.74) is -0.842. The number of nitrogens with one attached hydrogen (secondary N) is 1. The predicted molar refractivity (Wildman–Crippen MR) is 57.1 cm³/mol. The maximum Gasteiger partial charge on any atom is 0.282 e. The number of hydrogen-bond acceptors (Lipinski definition) is 4. The Morgan fingerprint density at radius 2 is 2.29 bits per heavy atom. The van der Waals surface area contributed by atoms with Crippen molar-refractivity contribution >= 4 is 11.6 Å². The number of nitrogens with zero attached hydrogens (tertiary/aromatic N) is 1. The minimum Gasteiger partial charge on any atom is -0.392 e. The lowest BCUT2D eigenvalue weighted by atomic mass is 10.1. The third-order valence-corrected chi connectivity index (χ3v) is 1.96. The minimum absolute atomic E-state index is 0.0630. The largest absolute Gasteiger partial charge is 0.392 e. The van der Waals surface area contributed by atoms with E-state index in [1.807, 2.05) is 0 Å². The molecule has 7 heteroatoms. The van der Waals surface area contributed by atoms with E-state index in [2.05, 4.69) is 5.32 Å². The van der Waals surface area contributed by atoms with Gasteiger partial charge in [-0.3, -0.25) is 14.9 Å². The van der Waals surface area contributed by atoms with Crippen molar-refractivity contribution < 1.29 is 19.2 Å². The second-order valence-corrected chi connectivity index (χ2v) is 3.48. The molecule has 0 aliphatic rings. The molecule has 0 aliphatic heterocycles. The molecule has 0 aromatic heterocycles. The Balaban J connectivity index is 2.98. The lowest BCUT2D eigenvalue weighted by molar-refractivity contribution is -0.385. The lowest BCUT2D eigenvalue weighted by Crippen LogP contribution is -2.31. The Bertz CT molecular complexity index is 448. The highest BCUT2D eigenvalue weighted by Crippen LogP contribution is 2.19. The van der Waals surface area contributed by atoms with Crippen molar-refractivity contribution in [3.05, 3.63) is 39.7 Å². The van der Waals surface area contributed by atoms with Gasteiger partial charge in [-0.05, 0) is 19.1 Å². The van der Waals surface area contributed by atoms with Crippen LogP contribution < -0.4 is 5.32 Å². The lowest BCUT2D eigenvalue weighted by Gasteiger charge is -2.07. The third kappa shape index (κ3) is 3.49. The van der Waals surface area contributed by atoms with E-state index >= 15 is 0 Å². The van der Waals surface area contributed by atoms with Crippen LogP contribution >= 0.6 is 0 Å². The molecule has 0 unspecified atom stereocenters. The molecule has 0 saturated carbocycles. The quantitative estimate of drug-likeness (QED) is 0.604. The summed E-state index contributed by atoms with van der Waals surface area (Å²) in [5, 5.41) is 21.8. The van der Waals surface area contributed by atoms with E-state index in [4.69, 9.17) is 5.11 Å². The second-order valence-electron chi connectivity index (χ2n) is 3.48. The van der Waals surface area contributed by atoms with Crippen molar-refractivity contribution in [2.45, 2.75) is 13.0 Å². The smallest absolute Gasteiger partial charge is 0.282 e. The molecule has 0 radical (unpaired) electrons. The summed E-state index contributed by atoms with van der Waals surface area (Å²) in [6.07, 6.45) is -0.786. The molecule has 1 aromatic carbocycles. The van der Waals surface area contributed by atoms with Crippen molar-refractivity contribution in [2.24, 2.45) is 0 Å². The maximum atomic E-state index is 12.9. The van der Waals surface area contributed by atoms with Crippen LogP contribution in [0.4, 0.5) is 10.1 Å². The number of rotatable bonds is 4. The number of carbonyl (C=O) groups is 1. The van der Waals surface area contributed by atoms with Gasteiger partial charge < -0.3 is 10.4 Å². The zero-order valence-corrected chi connectivity index (χ0v) is 9.01. The number of nitro benzene ring substituents is 1. The molecule has 6 nitrogen and oxygen atoms in total. The van der Waals surface area contributed by atoms with Crippen LogP contribution in [0.5, 0.6) is 0 Å². The number of aliphatic hydroxyl groups excluding tert-OH is 1. The molecule has 1 rings (SSSR count). The first-order valence-corrected chi connectivity index (χ1v) is 4.82. The molecule has 17 heavy (non-hydrogen) atoms. The van der Waals surface area contributed by atoms with Gasteiger partial charge in [0, 0.05) is 12.6 Å². The fraction of sp³-hybridized carbons (Fsp3) is 0.300. The van der Waals surface area contributed by atoms with Crippen LogP contribution in [0.15, 0.2) is 18.2 Å². The summed E-state index contributed by atoms with van der Waals surface area (Å²) < 4.78 is 12.9. The van der Waals surface area contributed by atoms with Crippen LogP contribution in [0, 0.1) is 15.9 Å². The molecule has 0 bridgehead atoms. The number of nitro groups is 1. The Hall–Kier alpha value is -2.02. The van der Waals surface area contributed by atoms with E-state index in [9.17, 15) is 19.3 Å². The first kappa shape index (κ1) is 13.0. The molecule has 0 heterocycles. The van der Waals surface area contributed by atoms with Crippen LogP contribution in [0.25, 0.3) is 0 Å². The van der Waals surface area contributed by atoms with Gasteiger partial charge in [0.1, 0.15) is 11.4 Å². The number of amides is 1. The van der Waals surface area contributed by atoms with Gasteiger partial charge in [0.2, 0.25) is 0 Å². The van der Waals surface area contributed by atoms with E-state index in [1.165, 1.54) is 6.92 Å². The monoisotopic (exact) mass is 242 g/mol. The number of halogens is 1. The van der Waals surface area contributed by atoms with Crippen LogP contribution in [0.2, 0.25) is 0 Å². The van der Waals surface area contributed by atoms with Crippen LogP contribution in [-0.4, -0.2) is 28.6 Å². The zero-order chi connectivity index (χ0) is 13.0. The predicted octanol–water partition coefficient (Wildman–Crippen LogP) is 0.845. The molecule has 0 aliphatic carbocycles. The zero-order valence-electron chi connectivity index (χ0n) is 9.01. The van der Waals surface area contributed by atoms with Gasteiger partial charge in [0.15, 0.2) is 0 Å². The SMILES string of the molecule is C[C@@H](O)CNC(=O)c1cc(F)ccc1[N+](=O)[O-]. The molecule has 2 N–H and O–H groups in total. The Kier molecular flexibility index (Phi) is 4.11. The summed E-state index contributed by atoms with van der Waals surface area (Å²) in [5.74, 6) is -1.53. The van der Waals surface area contributed by atoms with Gasteiger partial charge in [0.25, 0.3) is 11.6 Å². The molecular formula is C10H11FN2O4. The Morgan fingerprint density at radius 3 is 2.82 bits per heavy atom. The number of benzene rings is 1. The van der Waals surface area contributed by atoms with Gasteiger partial charge in [-0.1, -0.05) is 0 Å². The first-order chi connectivity index (χ1) is 7.91. The van der Waals surface area contributed by atoms with Crippen molar-refractivity contribution in [2.75, 3.05) is 6.54 Å². The third-order valence-electron chi connectivity index (χ3n) is 1.96. The van der Waals surface area contributed by atoms with Crippen molar-refractivity contribution in [1.82, 2.24) is 5.32 Å². The highest BCUT2D eigenvalue weighted by Gasteiger charge is 2.20. The Morgan fingerprint density at radius 1 is 1.65 bits per heavy atom. The Labute approximate surface area is 96.2 Å². The summed E-state index contributed by atoms with van der Waals surface area (Å²) in [4.78, 5) is 21.4. The van der Waals surface area contributed by atoms with Gasteiger partial charge in [0.05, 0.1) is 11.0 Å². The molecule has 0 fully saturated rings. The standard InChI is InChI=1S/C10H11FN2O4/c1-6(14)5-12-10(15)8-4-7(11)2-3-9(8)13(16)17/h2-4,6,14H,5H2,1H3,(H,12,15)/t6-/m1/s1. The fourth-order valence-electron chi connectivity index (χ4n) is 1.18. The first-order valence-electron chi connectivity index (χ1n) is 4.82. The summed E-state index contributed by atoms with van der Waals surface area (Å²) in [6.45, 7) is 1.38. The van der Waals surface area contributed by atoms with E-state index in [0.29, 0.717) is 0 Å². The minimum atomic E-state index is -0.794. The van der Waals surface area contributed by atoms with Gasteiger partial charge in [-0.2, -0.15) is 0 Å². The average Bonchev–Trinajstić information content (AvgIpc) is 2.25. The highest BCUT2D eigenvalue weighted by molar-refractivity contribution is 5.98. The number of aliphatic hydroxyl groups is 1. The van der Waals surface area contributed by atoms with Crippen molar-refractivity contribution in [1.29, 1.82) is 0 Å². The summed E-state index contributed by atoms with van der Waals surface area (Å²) in [7, 11) is 0. The van der Waals surface area contributed by atoms with Crippen LogP contribution in [-0.2, 0) is 0 Å². The topological polar surface area (TPSA) is 92.5 Å². The summed E-state index contributed by atoms with van der Waals surface area (Å²) >= 11 is 0. The van der Waals surface area contributed by atoms with Gasteiger partial charge in [-0.15, -0.1) is 0 Å². The van der Waals surface area contributed by atoms with Crippen LogP contribution in [0.1, 0.15) is 17.3 Å². The van der Waals surface area contributed by atoms with E-state index in [1.54, 1.807) is 0 Å². The van der Waals surface area contributed by atoms with E-state index in [-0.39, 0.29) is 12.1 Å². The molecule has 0 saturated heterocycles. The normalized spacial score (nSPS) is 11.9. The van der Waals surface area contributed by atoms with E-state index < -0.39 is 28.4 Å². The average molecular weight is 242 g/mol. The fourth-order valence-corrected chi connectivity index (χ4v) is 1.18. The van der Waals surface area contributed by atoms with E-state index in [0.717, 1.165) is 18.2 Å². The molecule has 1 amide bonds. The van der Waals surface area contributed by atoms with Gasteiger partial charge in [-0.25, -0.2) is 4.39 Å². The molecule has 1 atom stereocenters. The number of carbonyl (C=O) groups excluding carboxylic acids is 1. The van der Waals surface area contributed by atoms with Crippen molar-refractivity contribution in [3.8, 4) is 0 Å². The maximum absolute atomic E-state index is 12.9. The summed E-state index contributed by atoms with van der Waals surface area (Å²) in [6, 6.07) is 2.62. The molecular weight excluding hydrogens is 231 g/mol. The highest BCUT2D eigenvalue weighted by atomic mass is 19.1. The van der Waals surface area contributed by atoms with Crippen molar-refractivity contribution in [3.63, 3.8) is 0 Å². The van der Waals surface area contributed by atoms with Gasteiger partial charge >= 0.3 is 0 Å². The molecule has 92 valence electrons. The second kappa shape index (κ2) is 5.35. The molecule has 0 spiro atoms. The number of hydrogen-bond donors (Lipinski definition) is 2.